The predicted octanol–water partition coefficient (Wildman–Crippen LogP) is 2.48. The number of amides is 1. The van der Waals surface area contributed by atoms with E-state index in [0.29, 0.717) is 23.0 Å². The van der Waals surface area contributed by atoms with E-state index in [9.17, 15) is 4.79 Å². The minimum Gasteiger partial charge on any atom is -0.485 e. The number of benzene rings is 1. The molecular formula is C14H11N3O3S. The van der Waals surface area contributed by atoms with E-state index in [4.69, 9.17) is 15.0 Å². The molecule has 7 heteroatoms. The van der Waals surface area contributed by atoms with Gasteiger partial charge in [0, 0.05) is 5.38 Å². The van der Waals surface area contributed by atoms with Crippen LogP contribution in [0.3, 0.4) is 0 Å². The largest absolute Gasteiger partial charge is 0.485 e. The van der Waals surface area contributed by atoms with Gasteiger partial charge < -0.3 is 15.0 Å². The van der Waals surface area contributed by atoms with Crippen molar-refractivity contribution in [1.29, 1.82) is 0 Å². The van der Waals surface area contributed by atoms with E-state index in [1.807, 2.05) is 16.8 Å². The molecule has 2 heterocycles. The Morgan fingerprint density at radius 1 is 1.33 bits per heavy atom. The Kier molecular flexibility index (Phi) is 3.65. The average Bonchev–Trinajstić information content (AvgIpc) is 3.16. The topological polar surface area (TPSA) is 91.2 Å². The number of ether oxygens (including phenoxy) is 1. The van der Waals surface area contributed by atoms with Crippen LogP contribution in [0, 0.1) is 0 Å². The van der Waals surface area contributed by atoms with Crippen molar-refractivity contribution in [3.63, 3.8) is 0 Å². The van der Waals surface area contributed by atoms with Gasteiger partial charge in [-0.15, -0.1) is 0 Å². The third-order valence-electron chi connectivity index (χ3n) is 2.75. The van der Waals surface area contributed by atoms with E-state index >= 15 is 0 Å². The maximum Gasteiger partial charge on any atom is 0.258 e. The highest BCUT2D eigenvalue weighted by atomic mass is 32.1. The number of hydrogen-bond donors (Lipinski definition) is 1. The third kappa shape index (κ3) is 2.92. The standard InChI is InChI=1S/C14H11N3O3S/c15-13(18)10-3-1-2-4-11(10)19-7-12-16-14(20-17-12)9-5-6-21-8-9/h1-6,8H,7H2,(H2,15,18). The SMILES string of the molecule is NC(=O)c1ccccc1OCc1noc(-c2ccsc2)n1. The zero-order chi connectivity index (χ0) is 14.7. The fraction of sp³-hybridized carbons (Fsp3) is 0.0714. The van der Waals surface area contributed by atoms with Crippen LogP contribution in [0.15, 0.2) is 45.6 Å². The van der Waals surface area contributed by atoms with Gasteiger partial charge in [0.05, 0.1) is 11.1 Å². The first kappa shape index (κ1) is 13.3. The Balaban J connectivity index is 1.73. The number of nitrogens with two attached hydrogens (primary N) is 1. The molecule has 0 fully saturated rings. The Bertz CT molecular complexity index is 752. The quantitative estimate of drug-likeness (QED) is 0.781. The van der Waals surface area contributed by atoms with Crippen molar-refractivity contribution < 1.29 is 14.1 Å². The molecule has 106 valence electrons. The first-order chi connectivity index (χ1) is 10.2. The molecule has 2 N–H and O–H groups in total. The van der Waals surface area contributed by atoms with Gasteiger partial charge in [0.2, 0.25) is 5.82 Å². The van der Waals surface area contributed by atoms with E-state index in [1.165, 1.54) is 0 Å². The summed E-state index contributed by atoms with van der Waals surface area (Å²) in [5.74, 6) is 0.693. The van der Waals surface area contributed by atoms with Crippen LogP contribution in [0.5, 0.6) is 5.75 Å². The normalized spacial score (nSPS) is 10.5. The van der Waals surface area contributed by atoms with Crippen LogP contribution in [0.2, 0.25) is 0 Å². The Morgan fingerprint density at radius 2 is 2.19 bits per heavy atom. The minimum absolute atomic E-state index is 0.0952. The number of carbonyl (C=O) groups is 1. The van der Waals surface area contributed by atoms with Crippen molar-refractivity contribution in [3.05, 3.63) is 52.5 Å². The van der Waals surface area contributed by atoms with E-state index in [0.717, 1.165) is 5.56 Å². The number of hydrogen-bond acceptors (Lipinski definition) is 6. The van der Waals surface area contributed by atoms with Crippen molar-refractivity contribution >= 4 is 17.2 Å². The summed E-state index contributed by atoms with van der Waals surface area (Å²) >= 11 is 1.55. The molecule has 0 aliphatic rings. The second-order valence-corrected chi connectivity index (χ2v) is 4.96. The first-order valence-corrected chi connectivity index (χ1v) is 7.05. The molecule has 0 spiro atoms. The highest BCUT2D eigenvalue weighted by Crippen LogP contribution is 2.21. The number of aromatic nitrogens is 2. The molecule has 2 aromatic heterocycles. The fourth-order valence-electron chi connectivity index (χ4n) is 1.75. The molecule has 6 nitrogen and oxygen atoms in total. The van der Waals surface area contributed by atoms with Crippen molar-refractivity contribution in [3.8, 4) is 17.2 Å². The van der Waals surface area contributed by atoms with Gasteiger partial charge >= 0.3 is 0 Å². The summed E-state index contributed by atoms with van der Waals surface area (Å²) < 4.78 is 10.7. The van der Waals surface area contributed by atoms with Gasteiger partial charge in [-0.25, -0.2) is 0 Å². The van der Waals surface area contributed by atoms with Crippen LogP contribution in [0.1, 0.15) is 16.2 Å². The van der Waals surface area contributed by atoms with Gasteiger partial charge in [0.1, 0.15) is 5.75 Å². The lowest BCUT2D eigenvalue weighted by Gasteiger charge is -2.06. The van der Waals surface area contributed by atoms with Crippen LogP contribution < -0.4 is 10.5 Å². The summed E-state index contributed by atoms with van der Waals surface area (Å²) in [7, 11) is 0. The zero-order valence-electron chi connectivity index (χ0n) is 10.9. The molecule has 0 radical (unpaired) electrons. The fourth-order valence-corrected chi connectivity index (χ4v) is 2.38. The van der Waals surface area contributed by atoms with Crippen LogP contribution in [-0.2, 0) is 6.61 Å². The van der Waals surface area contributed by atoms with Crippen LogP contribution in [0.4, 0.5) is 0 Å². The second-order valence-electron chi connectivity index (χ2n) is 4.18. The third-order valence-corrected chi connectivity index (χ3v) is 3.43. The maximum absolute atomic E-state index is 11.3. The molecule has 3 rings (SSSR count). The van der Waals surface area contributed by atoms with Gasteiger partial charge in [-0.3, -0.25) is 4.79 Å². The van der Waals surface area contributed by atoms with Crippen LogP contribution in [-0.4, -0.2) is 16.0 Å². The van der Waals surface area contributed by atoms with E-state index < -0.39 is 5.91 Å². The molecule has 3 aromatic rings. The van der Waals surface area contributed by atoms with Gasteiger partial charge in [-0.2, -0.15) is 16.3 Å². The molecule has 0 bridgehead atoms. The molecular weight excluding hydrogens is 290 g/mol. The molecule has 1 amide bonds. The van der Waals surface area contributed by atoms with Gasteiger partial charge in [-0.1, -0.05) is 17.3 Å². The zero-order valence-corrected chi connectivity index (χ0v) is 11.7. The van der Waals surface area contributed by atoms with Crippen LogP contribution >= 0.6 is 11.3 Å². The molecule has 21 heavy (non-hydrogen) atoms. The number of primary amides is 1. The Morgan fingerprint density at radius 3 is 2.95 bits per heavy atom. The number of para-hydroxylation sites is 1. The Hall–Kier alpha value is -2.67. The number of rotatable bonds is 5. The predicted molar refractivity (Wildman–Crippen MR) is 76.9 cm³/mol. The van der Waals surface area contributed by atoms with Crippen molar-refractivity contribution in [2.75, 3.05) is 0 Å². The van der Waals surface area contributed by atoms with E-state index in [2.05, 4.69) is 10.1 Å². The van der Waals surface area contributed by atoms with Gasteiger partial charge in [-0.05, 0) is 23.6 Å². The van der Waals surface area contributed by atoms with Gasteiger partial charge in [0.25, 0.3) is 11.8 Å². The summed E-state index contributed by atoms with van der Waals surface area (Å²) in [5.41, 5.74) is 6.47. The smallest absolute Gasteiger partial charge is 0.258 e. The lowest BCUT2D eigenvalue weighted by Crippen LogP contribution is -2.13. The van der Waals surface area contributed by atoms with Gasteiger partial charge in [0.15, 0.2) is 6.61 Å². The average molecular weight is 301 g/mol. The molecule has 0 aliphatic heterocycles. The summed E-state index contributed by atoms with van der Waals surface area (Å²) in [6, 6.07) is 8.64. The Labute approximate surface area is 124 Å². The van der Waals surface area contributed by atoms with Crippen LogP contribution in [0.25, 0.3) is 11.5 Å². The van der Waals surface area contributed by atoms with E-state index in [-0.39, 0.29) is 6.61 Å². The molecule has 0 atom stereocenters. The van der Waals surface area contributed by atoms with E-state index in [1.54, 1.807) is 35.6 Å². The lowest BCUT2D eigenvalue weighted by molar-refractivity contribution is 0.0995. The highest BCUT2D eigenvalue weighted by Gasteiger charge is 2.12. The summed E-state index contributed by atoms with van der Waals surface area (Å²) in [4.78, 5) is 15.5. The lowest BCUT2D eigenvalue weighted by atomic mass is 10.2. The number of carbonyl (C=O) groups excluding carboxylic acids is 1. The summed E-state index contributed by atoms with van der Waals surface area (Å²) in [6.07, 6.45) is 0. The summed E-state index contributed by atoms with van der Waals surface area (Å²) in [6.45, 7) is 0.0952. The molecule has 0 unspecified atom stereocenters. The number of nitrogens with zero attached hydrogens (tertiary/aromatic N) is 2. The summed E-state index contributed by atoms with van der Waals surface area (Å²) in [5, 5.41) is 7.69. The maximum atomic E-state index is 11.3. The molecule has 0 aliphatic carbocycles. The highest BCUT2D eigenvalue weighted by molar-refractivity contribution is 7.08. The van der Waals surface area contributed by atoms with Crippen molar-refractivity contribution in [2.24, 2.45) is 5.73 Å². The number of thiophene rings is 1. The molecule has 0 saturated heterocycles. The van der Waals surface area contributed by atoms with Crippen molar-refractivity contribution in [2.45, 2.75) is 6.61 Å². The molecule has 1 aromatic carbocycles. The molecule has 0 saturated carbocycles. The minimum atomic E-state index is -0.544. The second kappa shape index (κ2) is 5.76. The van der Waals surface area contributed by atoms with Crippen molar-refractivity contribution in [1.82, 2.24) is 10.1 Å². The monoisotopic (exact) mass is 301 g/mol. The first-order valence-electron chi connectivity index (χ1n) is 6.11.